The van der Waals surface area contributed by atoms with Gasteiger partial charge < -0.3 is 10.1 Å². The molecular formula is C20H18ClN3O3. The molecule has 0 aliphatic carbocycles. The molecule has 1 heterocycles. The molecule has 1 aromatic heterocycles. The molecule has 3 aromatic rings. The second-order valence-electron chi connectivity index (χ2n) is 5.93. The maximum Gasteiger partial charge on any atom is 0.254 e. The molecule has 0 aliphatic heterocycles. The summed E-state index contributed by atoms with van der Waals surface area (Å²) < 4.78 is 6.37. The highest BCUT2D eigenvalue weighted by Crippen LogP contribution is 2.23. The standard InChI is InChI=1S/C20H18ClN3O3/c1-13-16(21)4-3-5-17(13)23-19(25)11-24-12-22-18(10-20(24)26)14-6-8-15(27-2)9-7-14/h3-10,12H,11H2,1-2H3,(H,23,25). The van der Waals surface area contributed by atoms with Crippen LogP contribution in [-0.2, 0) is 11.3 Å². The molecule has 0 bridgehead atoms. The van der Waals surface area contributed by atoms with E-state index in [4.69, 9.17) is 16.3 Å². The van der Waals surface area contributed by atoms with Crippen LogP contribution in [0.4, 0.5) is 5.69 Å². The van der Waals surface area contributed by atoms with Crippen molar-refractivity contribution in [3.63, 3.8) is 0 Å². The molecule has 0 atom stereocenters. The molecule has 1 amide bonds. The van der Waals surface area contributed by atoms with E-state index in [9.17, 15) is 9.59 Å². The van der Waals surface area contributed by atoms with E-state index in [1.54, 1.807) is 37.4 Å². The maximum atomic E-state index is 12.3. The summed E-state index contributed by atoms with van der Waals surface area (Å²) in [4.78, 5) is 28.9. The van der Waals surface area contributed by atoms with E-state index in [0.29, 0.717) is 16.4 Å². The summed E-state index contributed by atoms with van der Waals surface area (Å²) in [6.07, 6.45) is 1.37. The molecule has 138 valence electrons. The van der Waals surface area contributed by atoms with Gasteiger partial charge in [0.1, 0.15) is 12.3 Å². The van der Waals surface area contributed by atoms with E-state index in [1.165, 1.54) is 17.0 Å². The largest absolute Gasteiger partial charge is 0.497 e. The van der Waals surface area contributed by atoms with Gasteiger partial charge in [0, 0.05) is 22.3 Å². The van der Waals surface area contributed by atoms with Crippen LogP contribution in [-0.4, -0.2) is 22.6 Å². The average molecular weight is 384 g/mol. The molecule has 1 N–H and O–H groups in total. The van der Waals surface area contributed by atoms with E-state index in [-0.39, 0.29) is 18.0 Å². The van der Waals surface area contributed by atoms with E-state index in [0.717, 1.165) is 16.9 Å². The fourth-order valence-corrected chi connectivity index (χ4v) is 2.73. The Balaban J connectivity index is 1.74. The van der Waals surface area contributed by atoms with Crippen LogP contribution >= 0.6 is 11.6 Å². The number of halogens is 1. The van der Waals surface area contributed by atoms with Gasteiger partial charge in [0.2, 0.25) is 5.91 Å². The maximum absolute atomic E-state index is 12.3. The molecule has 0 fully saturated rings. The number of ether oxygens (including phenoxy) is 1. The minimum absolute atomic E-state index is 0.138. The average Bonchev–Trinajstić information content (AvgIpc) is 2.67. The molecule has 2 aromatic carbocycles. The van der Waals surface area contributed by atoms with Crippen LogP contribution in [0.25, 0.3) is 11.3 Å². The molecule has 0 unspecified atom stereocenters. The SMILES string of the molecule is COc1ccc(-c2cc(=O)n(CC(=O)Nc3cccc(Cl)c3C)cn2)cc1. The Morgan fingerprint density at radius 2 is 1.96 bits per heavy atom. The molecule has 0 saturated heterocycles. The van der Waals surface area contributed by atoms with Gasteiger partial charge >= 0.3 is 0 Å². The normalized spacial score (nSPS) is 10.5. The smallest absolute Gasteiger partial charge is 0.254 e. The highest BCUT2D eigenvalue weighted by atomic mass is 35.5. The van der Waals surface area contributed by atoms with Crippen molar-refractivity contribution in [3.05, 3.63) is 75.8 Å². The van der Waals surface area contributed by atoms with Crippen molar-refractivity contribution in [1.82, 2.24) is 9.55 Å². The third kappa shape index (κ3) is 4.35. The Morgan fingerprint density at radius 1 is 1.22 bits per heavy atom. The first-order chi connectivity index (χ1) is 13.0. The minimum Gasteiger partial charge on any atom is -0.497 e. The van der Waals surface area contributed by atoms with Gasteiger partial charge in [-0.15, -0.1) is 0 Å². The molecule has 3 rings (SSSR count). The zero-order valence-electron chi connectivity index (χ0n) is 14.9. The van der Waals surface area contributed by atoms with Crippen molar-refractivity contribution in [2.24, 2.45) is 0 Å². The number of amides is 1. The van der Waals surface area contributed by atoms with Crippen LogP contribution in [0, 0.1) is 6.92 Å². The summed E-state index contributed by atoms with van der Waals surface area (Å²) in [5.74, 6) is 0.390. The number of methoxy groups -OCH3 is 1. The Morgan fingerprint density at radius 3 is 2.63 bits per heavy atom. The van der Waals surface area contributed by atoms with Gasteiger partial charge in [0.05, 0.1) is 19.1 Å². The number of hydrogen-bond acceptors (Lipinski definition) is 4. The number of nitrogens with zero attached hydrogens (tertiary/aromatic N) is 2. The summed E-state index contributed by atoms with van der Waals surface area (Å²) in [6.45, 7) is 1.68. The summed E-state index contributed by atoms with van der Waals surface area (Å²) in [5, 5.41) is 3.33. The van der Waals surface area contributed by atoms with Gasteiger partial charge in [-0.3, -0.25) is 14.2 Å². The predicted molar refractivity (Wildman–Crippen MR) is 105 cm³/mol. The van der Waals surface area contributed by atoms with Gasteiger partial charge in [0.25, 0.3) is 5.56 Å². The lowest BCUT2D eigenvalue weighted by atomic mass is 10.1. The Labute approximate surface area is 161 Å². The molecule has 0 spiro atoms. The van der Waals surface area contributed by atoms with Crippen LogP contribution in [0.2, 0.25) is 5.02 Å². The summed E-state index contributed by atoms with van der Waals surface area (Å²) in [5.41, 5.74) is 2.40. The number of benzene rings is 2. The van der Waals surface area contributed by atoms with Crippen molar-refractivity contribution in [3.8, 4) is 17.0 Å². The van der Waals surface area contributed by atoms with Gasteiger partial charge in [-0.25, -0.2) is 4.98 Å². The number of rotatable bonds is 5. The van der Waals surface area contributed by atoms with Crippen molar-refractivity contribution in [2.45, 2.75) is 13.5 Å². The van der Waals surface area contributed by atoms with Crippen LogP contribution in [0.1, 0.15) is 5.56 Å². The molecule has 0 saturated carbocycles. The topological polar surface area (TPSA) is 73.2 Å². The van der Waals surface area contributed by atoms with Crippen LogP contribution in [0.15, 0.2) is 59.7 Å². The van der Waals surface area contributed by atoms with Crippen LogP contribution in [0.5, 0.6) is 5.75 Å². The third-order valence-electron chi connectivity index (χ3n) is 4.12. The number of carbonyl (C=O) groups excluding carboxylic acids is 1. The van der Waals surface area contributed by atoms with Gasteiger partial charge in [-0.05, 0) is 48.9 Å². The van der Waals surface area contributed by atoms with Gasteiger partial charge in [0.15, 0.2) is 0 Å². The zero-order valence-corrected chi connectivity index (χ0v) is 15.7. The lowest BCUT2D eigenvalue weighted by molar-refractivity contribution is -0.116. The summed E-state index contributed by atoms with van der Waals surface area (Å²) in [6, 6.07) is 13.9. The first-order valence-corrected chi connectivity index (χ1v) is 8.61. The highest BCUT2D eigenvalue weighted by molar-refractivity contribution is 6.31. The van der Waals surface area contributed by atoms with Crippen LogP contribution < -0.4 is 15.6 Å². The van der Waals surface area contributed by atoms with Crippen molar-refractivity contribution in [1.29, 1.82) is 0 Å². The van der Waals surface area contributed by atoms with E-state index in [2.05, 4.69) is 10.3 Å². The van der Waals surface area contributed by atoms with E-state index >= 15 is 0 Å². The Hall–Kier alpha value is -3.12. The first kappa shape index (κ1) is 18.7. The van der Waals surface area contributed by atoms with Crippen molar-refractivity contribution >= 4 is 23.2 Å². The first-order valence-electron chi connectivity index (χ1n) is 8.24. The highest BCUT2D eigenvalue weighted by Gasteiger charge is 2.10. The molecule has 0 aliphatic rings. The molecule has 0 radical (unpaired) electrons. The number of carbonyl (C=O) groups is 1. The second kappa shape index (κ2) is 8.05. The minimum atomic E-state index is -0.332. The molecule has 27 heavy (non-hydrogen) atoms. The Bertz CT molecular complexity index is 1030. The second-order valence-corrected chi connectivity index (χ2v) is 6.34. The summed E-state index contributed by atoms with van der Waals surface area (Å²) in [7, 11) is 1.59. The van der Waals surface area contributed by atoms with Crippen molar-refractivity contribution < 1.29 is 9.53 Å². The Kier molecular flexibility index (Phi) is 5.57. The zero-order chi connectivity index (χ0) is 19.4. The number of anilines is 1. The lowest BCUT2D eigenvalue weighted by Gasteiger charge is -2.11. The third-order valence-corrected chi connectivity index (χ3v) is 4.53. The fraction of sp³-hybridized carbons (Fsp3) is 0.150. The predicted octanol–water partition coefficient (Wildman–Crippen LogP) is 3.52. The molecule has 7 heteroatoms. The molecular weight excluding hydrogens is 366 g/mol. The summed E-state index contributed by atoms with van der Waals surface area (Å²) >= 11 is 6.05. The van der Waals surface area contributed by atoms with Gasteiger partial charge in [-0.2, -0.15) is 0 Å². The number of aromatic nitrogens is 2. The van der Waals surface area contributed by atoms with Gasteiger partial charge in [-0.1, -0.05) is 17.7 Å². The number of hydrogen-bond donors (Lipinski definition) is 1. The van der Waals surface area contributed by atoms with Crippen LogP contribution in [0.3, 0.4) is 0 Å². The quantitative estimate of drug-likeness (QED) is 0.731. The monoisotopic (exact) mass is 383 g/mol. The van der Waals surface area contributed by atoms with E-state index in [1.807, 2.05) is 19.1 Å². The van der Waals surface area contributed by atoms with Crippen molar-refractivity contribution in [2.75, 3.05) is 12.4 Å². The molecule has 6 nitrogen and oxygen atoms in total. The lowest BCUT2D eigenvalue weighted by Crippen LogP contribution is -2.27. The van der Waals surface area contributed by atoms with E-state index < -0.39 is 0 Å². The fourth-order valence-electron chi connectivity index (χ4n) is 2.55. The number of nitrogens with one attached hydrogen (secondary N) is 1.